The number of aromatic nitrogens is 2. The van der Waals surface area contributed by atoms with Crippen LogP contribution in [-0.2, 0) is 34.7 Å². The van der Waals surface area contributed by atoms with Gasteiger partial charge in [-0.15, -0.1) is 0 Å². The van der Waals surface area contributed by atoms with Crippen molar-refractivity contribution < 1.29 is 24.2 Å². The topological polar surface area (TPSA) is 111 Å². The molecule has 192 valence electrons. The molecule has 6 rings (SSSR count). The van der Waals surface area contributed by atoms with Gasteiger partial charge in [0.2, 0.25) is 0 Å². The number of likely N-dealkylation sites (tertiary alicyclic amines) is 1. The van der Waals surface area contributed by atoms with Crippen LogP contribution in [0.1, 0.15) is 55.9 Å². The fourth-order valence-corrected chi connectivity index (χ4v) is 5.72. The lowest BCUT2D eigenvalue weighted by molar-refractivity contribution is -0.169. The van der Waals surface area contributed by atoms with Crippen LogP contribution in [-0.4, -0.2) is 44.7 Å². The number of aryl methyl sites for hydroxylation is 1. The number of piperidine rings is 1. The van der Waals surface area contributed by atoms with Crippen LogP contribution in [0, 0.1) is 5.92 Å². The third-order valence-corrected chi connectivity index (χ3v) is 8.00. The van der Waals surface area contributed by atoms with Gasteiger partial charge in [0.25, 0.3) is 5.56 Å². The van der Waals surface area contributed by atoms with E-state index in [1.54, 1.807) is 21.6 Å². The summed E-state index contributed by atoms with van der Waals surface area (Å²) in [6, 6.07) is 7.10. The molecule has 0 unspecified atom stereocenters. The van der Waals surface area contributed by atoms with Crippen molar-refractivity contribution in [2.75, 3.05) is 13.1 Å². The Hall–Kier alpha value is -3.72. The van der Waals surface area contributed by atoms with Gasteiger partial charge in [0.1, 0.15) is 12.4 Å². The van der Waals surface area contributed by atoms with Gasteiger partial charge in [0, 0.05) is 29.6 Å². The van der Waals surface area contributed by atoms with E-state index in [-0.39, 0.29) is 29.4 Å². The molecule has 3 aromatic rings. The Morgan fingerprint density at radius 3 is 2.70 bits per heavy atom. The molecule has 3 aliphatic heterocycles. The number of nitrogens with zero attached hydrogens (tertiary/aromatic N) is 3. The number of fused-ring (bicyclic) bond motifs is 5. The highest BCUT2D eigenvalue weighted by Gasteiger charge is 2.43. The van der Waals surface area contributed by atoms with Crippen LogP contribution in [0.15, 0.2) is 29.1 Å². The number of hydrogen-bond donors (Lipinski definition) is 1. The van der Waals surface area contributed by atoms with E-state index in [1.165, 1.54) is 6.92 Å². The van der Waals surface area contributed by atoms with Gasteiger partial charge in [-0.05, 0) is 61.9 Å². The van der Waals surface area contributed by atoms with Crippen LogP contribution in [0.25, 0.3) is 22.3 Å². The molecule has 1 amide bonds. The van der Waals surface area contributed by atoms with E-state index in [2.05, 4.69) is 6.92 Å². The lowest BCUT2D eigenvalue weighted by atomic mass is 9.89. The lowest BCUT2D eigenvalue weighted by Crippen LogP contribution is -2.42. The van der Waals surface area contributed by atoms with Gasteiger partial charge in [-0.25, -0.2) is 14.6 Å². The minimum absolute atomic E-state index is 0.166. The number of cyclic esters (lactones) is 1. The fourth-order valence-electron chi connectivity index (χ4n) is 5.72. The Labute approximate surface area is 213 Å². The van der Waals surface area contributed by atoms with E-state index in [0.29, 0.717) is 54.6 Å². The number of hydrogen-bond acceptors (Lipinski definition) is 7. The van der Waals surface area contributed by atoms with E-state index in [0.717, 1.165) is 29.4 Å². The Morgan fingerprint density at radius 1 is 1.22 bits per heavy atom. The van der Waals surface area contributed by atoms with Gasteiger partial charge < -0.3 is 24.0 Å². The molecule has 0 spiro atoms. The van der Waals surface area contributed by atoms with Crippen LogP contribution in [0.5, 0.6) is 5.75 Å². The summed E-state index contributed by atoms with van der Waals surface area (Å²) in [5.74, 6) is 0.304. The number of carbonyl (C=O) groups is 2. The monoisotopic (exact) mass is 503 g/mol. The molecule has 9 heteroatoms. The standard InChI is InChI=1S/C28H29N3O6/c1-4-17-18-11-16(37-27(34)30-9-7-15(2)8-10-30)5-6-22(18)29-24-19(17)13-31-23(24)12-21-20(25(31)32)14-36-26(33)28(21,3)35/h5-6,11-12,15,35H,4,7-10,13-14H2,1-3H3/t28-/m0/s1. The van der Waals surface area contributed by atoms with Crippen LogP contribution in [0.2, 0.25) is 0 Å². The lowest BCUT2D eigenvalue weighted by Gasteiger charge is -2.29. The summed E-state index contributed by atoms with van der Waals surface area (Å²) in [4.78, 5) is 44.9. The molecule has 0 saturated carbocycles. The first kappa shape index (κ1) is 23.7. The smallest absolute Gasteiger partial charge is 0.415 e. The van der Waals surface area contributed by atoms with Crippen molar-refractivity contribution in [1.82, 2.24) is 14.5 Å². The zero-order valence-corrected chi connectivity index (χ0v) is 21.2. The summed E-state index contributed by atoms with van der Waals surface area (Å²) in [7, 11) is 0. The zero-order chi connectivity index (χ0) is 26.1. The molecule has 5 heterocycles. The van der Waals surface area contributed by atoms with Crippen molar-refractivity contribution in [1.29, 1.82) is 0 Å². The molecule has 2 aromatic heterocycles. The van der Waals surface area contributed by atoms with Gasteiger partial charge >= 0.3 is 12.1 Å². The number of ether oxygens (including phenoxy) is 2. The first-order valence-corrected chi connectivity index (χ1v) is 12.8. The maximum absolute atomic E-state index is 13.4. The molecule has 1 fully saturated rings. The maximum Gasteiger partial charge on any atom is 0.415 e. The Morgan fingerprint density at radius 2 is 1.97 bits per heavy atom. The third-order valence-electron chi connectivity index (χ3n) is 8.00. The summed E-state index contributed by atoms with van der Waals surface area (Å²) >= 11 is 0. The SMILES string of the molecule is CCc1c2c(nc3ccc(OC(=O)N4CCC(C)CC4)cc13)-c1cc3c(c(=O)n1C2)COC(=O)[C@@]3(C)O. The van der Waals surface area contributed by atoms with E-state index in [4.69, 9.17) is 14.5 Å². The normalized spacial score (nSPS) is 20.9. The Balaban J connectivity index is 1.41. The van der Waals surface area contributed by atoms with E-state index < -0.39 is 11.6 Å². The molecule has 0 aliphatic carbocycles. The number of benzene rings is 1. The number of rotatable bonds is 2. The summed E-state index contributed by atoms with van der Waals surface area (Å²) < 4.78 is 12.4. The molecule has 1 N–H and O–H groups in total. The summed E-state index contributed by atoms with van der Waals surface area (Å²) in [5, 5.41) is 11.7. The first-order chi connectivity index (χ1) is 17.7. The second-order valence-electron chi connectivity index (χ2n) is 10.4. The quantitative estimate of drug-likeness (QED) is 0.417. The highest BCUT2D eigenvalue weighted by Crippen LogP contribution is 2.40. The van der Waals surface area contributed by atoms with Gasteiger partial charge in [-0.3, -0.25) is 4.79 Å². The number of pyridine rings is 2. The molecule has 0 radical (unpaired) electrons. The van der Waals surface area contributed by atoms with Crippen molar-refractivity contribution in [2.45, 2.75) is 58.8 Å². The first-order valence-electron chi connectivity index (χ1n) is 12.8. The van der Waals surface area contributed by atoms with Crippen LogP contribution in [0.3, 0.4) is 0 Å². The maximum atomic E-state index is 13.4. The molecular weight excluding hydrogens is 474 g/mol. The fraction of sp³-hybridized carbons (Fsp3) is 0.429. The Bertz CT molecular complexity index is 1530. The predicted molar refractivity (Wildman–Crippen MR) is 135 cm³/mol. The summed E-state index contributed by atoms with van der Waals surface area (Å²) in [5.41, 5.74) is 2.22. The van der Waals surface area contributed by atoms with Crippen LogP contribution >= 0.6 is 0 Å². The van der Waals surface area contributed by atoms with Crippen LogP contribution in [0.4, 0.5) is 4.79 Å². The van der Waals surface area contributed by atoms with Crippen molar-refractivity contribution in [2.24, 2.45) is 5.92 Å². The summed E-state index contributed by atoms with van der Waals surface area (Å²) in [6.07, 6.45) is 2.29. The molecular formula is C28H29N3O6. The number of esters is 1. The number of amides is 1. The van der Waals surface area contributed by atoms with Crippen molar-refractivity contribution in [3.05, 3.63) is 56.9 Å². The van der Waals surface area contributed by atoms with Gasteiger partial charge in [-0.2, -0.15) is 0 Å². The van der Waals surface area contributed by atoms with Crippen LogP contribution < -0.4 is 10.3 Å². The minimum atomic E-state index is -1.90. The molecule has 9 nitrogen and oxygen atoms in total. The highest BCUT2D eigenvalue weighted by atomic mass is 16.6. The third kappa shape index (κ3) is 3.63. The Kier molecular flexibility index (Phi) is 5.38. The van der Waals surface area contributed by atoms with E-state index >= 15 is 0 Å². The van der Waals surface area contributed by atoms with Crippen molar-refractivity contribution in [3.8, 4) is 17.1 Å². The molecule has 37 heavy (non-hydrogen) atoms. The van der Waals surface area contributed by atoms with E-state index in [1.807, 2.05) is 19.1 Å². The minimum Gasteiger partial charge on any atom is -0.458 e. The van der Waals surface area contributed by atoms with Crippen molar-refractivity contribution in [3.63, 3.8) is 0 Å². The molecule has 0 bridgehead atoms. The summed E-state index contributed by atoms with van der Waals surface area (Å²) in [6.45, 7) is 7.14. The molecule has 1 aromatic carbocycles. The molecule has 3 aliphatic rings. The molecule has 1 atom stereocenters. The predicted octanol–water partition coefficient (Wildman–Crippen LogP) is 3.48. The average molecular weight is 504 g/mol. The average Bonchev–Trinajstić information content (AvgIpc) is 3.24. The second-order valence-corrected chi connectivity index (χ2v) is 10.4. The molecule has 1 saturated heterocycles. The highest BCUT2D eigenvalue weighted by molar-refractivity contribution is 5.90. The van der Waals surface area contributed by atoms with E-state index in [9.17, 15) is 19.5 Å². The van der Waals surface area contributed by atoms with Gasteiger partial charge in [0.05, 0.1) is 29.0 Å². The van der Waals surface area contributed by atoms with Gasteiger partial charge in [-0.1, -0.05) is 13.8 Å². The van der Waals surface area contributed by atoms with Crippen molar-refractivity contribution >= 4 is 23.0 Å². The second kappa shape index (κ2) is 8.41. The number of aliphatic hydroxyl groups is 1. The largest absolute Gasteiger partial charge is 0.458 e. The van der Waals surface area contributed by atoms with Gasteiger partial charge in [0.15, 0.2) is 5.60 Å². The zero-order valence-electron chi connectivity index (χ0n) is 21.2. The number of carbonyl (C=O) groups excluding carboxylic acids is 2.